The Morgan fingerprint density at radius 3 is 0.833 bits per heavy atom. The van der Waals surface area contributed by atoms with Crippen LogP contribution in [0.4, 0.5) is 0 Å². The molecule has 0 spiro atoms. The predicted molar refractivity (Wildman–Crippen MR) is 99.8 cm³/mol. The normalized spacial score (nSPS) is 41.2. The number of aliphatic hydroxyl groups excluding tert-OH is 2. The van der Waals surface area contributed by atoms with E-state index in [1.165, 1.54) is 77.0 Å². The molecule has 0 radical (unpaired) electrons. The summed E-state index contributed by atoms with van der Waals surface area (Å²) in [5.41, 5.74) is 0. The van der Waals surface area contributed by atoms with Gasteiger partial charge in [-0.3, -0.25) is 0 Å². The number of hydrogen-bond donors (Lipinski definition) is 2. The summed E-state index contributed by atoms with van der Waals surface area (Å²) in [4.78, 5) is 0. The van der Waals surface area contributed by atoms with Gasteiger partial charge in [0, 0.05) is 0 Å². The first-order valence-corrected chi connectivity index (χ1v) is 11.0. The molecule has 3 saturated carbocycles. The monoisotopic (exact) mass is 336 g/mol. The third kappa shape index (κ3) is 6.02. The van der Waals surface area contributed by atoms with Crippen LogP contribution in [-0.2, 0) is 0 Å². The summed E-state index contributed by atoms with van der Waals surface area (Å²) in [6.07, 6.45) is 20.9. The summed E-state index contributed by atoms with van der Waals surface area (Å²) in [6.45, 7) is 0. The molecule has 2 N–H and O–H groups in total. The SMILES string of the molecule is OC1CCC(CCC2CCC(CCC3CCC(O)CC3)CC2)CC1. The van der Waals surface area contributed by atoms with E-state index in [1.807, 2.05) is 0 Å². The molecule has 0 aliphatic heterocycles. The van der Waals surface area contributed by atoms with E-state index >= 15 is 0 Å². The van der Waals surface area contributed by atoms with E-state index in [-0.39, 0.29) is 12.2 Å². The Balaban J connectivity index is 1.24. The van der Waals surface area contributed by atoms with E-state index in [9.17, 15) is 10.2 Å². The van der Waals surface area contributed by atoms with Crippen molar-refractivity contribution in [2.75, 3.05) is 0 Å². The molecule has 3 aliphatic rings. The maximum atomic E-state index is 9.62. The molecular formula is C22H40O2. The quantitative estimate of drug-likeness (QED) is 0.676. The summed E-state index contributed by atoms with van der Waals surface area (Å²) in [5.74, 6) is 3.82. The van der Waals surface area contributed by atoms with Crippen molar-refractivity contribution in [3.8, 4) is 0 Å². The minimum atomic E-state index is 0.00381. The van der Waals surface area contributed by atoms with Crippen molar-refractivity contribution in [3.63, 3.8) is 0 Å². The summed E-state index contributed by atoms with van der Waals surface area (Å²) in [6, 6.07) is 0. The van der Waals surface area contributed by atoms with Gasteiger partial charge in [0.1, 0.15) is 0 Å². The highest BCUT2D eigenvalue weighted by Gasteiger charge is 2.25. The van der Waals surface area contributed by atoms with E-state index in [2.05, 4.69) is 0 Å². The van der Waals surface area contributed by atoms with Gasteiger partial charge in [0.2, 0.25) is 0 Å². The number of aliphatic hydroxyl groups is 2. The Hall–Kier alpha value is -0.0800. The van der Waals surface area contributed by atoms with Crippen molar-refractivity contribution in [1.82, 2.24) is 0 Å². The van der Waals surface area contributed by atoms with Gasteiger partial charge >= 0.3 is 0 Å². The topological polar surface area (TPSA) is 40.5 Å². The molecule has 0 aromatic heterocycles. The molecular weight excluding hydrogens is 296 g/mol. The molecule has 0 atom stereocenters. The first kappa shape index (κ1) is 18.7. The van der Waals surface area contributed by atoms with Crippen LogP contribution in [0.15, 0.2) is 0 Å². The van der Waals surface area contributed by atoms with Gasteiger partial charge < -0.3 is 10.2 Å². The molecule has 0 saturated heterocycles. The van der Waals surface area contributed by atoms with Gasteiger partial charge in [-0.2, -0.15) is 0 Å². The van der Waals surface area contributed by atoms with Crippen LogP contribution in [0, 0.1) is 23.7 Å². The zero-order valence-corrected chi connectivity index (χ0v) is 15.7. The lowest BCUT2D eigenvalue weighted by Crippen LogP contribution is -2.21. The maximum absolute atomic E-state index is 9.62. The summed E-state index contributed by atoms with van der Waals surface area (Å²) >= 11 is 0. The van der Waals surface area contributed by atoms with Crippen LogP contribution in [0.2, 0.25) is 0 Å². The predicted octanol–water partition coefficient (Wildman–Crippen LogP) is 5.46. The van der Waals surface area contributed by atoms with Gasteiger partial charge in [0.25, 0.3) is 0 Å². The summed E-state index contributed by atoms with van der Waals surface area (Å²) < 4.78 is 0. The van der Waals surface area contributed by atoms with Gasteiger partial charge in [-0.1, -0.05) is 51.4 Å². The fraction of sp³-hybridized carbons (Fsp3) is 1.00. The minimum Gasteiger partial charge on any atom is -0.393 e. The molecule has 24 heavy (non-hydrogen) atoms. The molecule has 0 heterocycles. The molecule has 0 aromatic rings. The molecule has 2 heteroatoms. The average Bonchev–Trinajstić information content (AvgIpc) is 2.62. The zero-order chi connectivity index (χ0) is 16.8. The Kier molecular flexibility index (Phi) is 7.46. The molecule has 3 fully saturated rings. The van der Waals surface area contributed by atoms with Crippen molar-refractivity contribution >= 4 is 0 Å². The van der Waals surface area contributed by atoms with E-state index in [4.69, 9.17) is 0 Å². The second-order valence-electron chi connectivity index (χ2n) is 9.39. The van der Waals surface area contributed by atoms with E-state index < -0.39 is 0 Å². The molecule has 0 amide bonds. The third-order valence-corrected chi connectivity index (χ3v) is 7.57. The molecule has 0 aromatic carbocycles. The van der Waals surface area contributed by atoms with E-state index in [0.29, 0.717) is 0 Å². The largest absolute Gasteiger partial charge is 0.393 e. The van der Waals surface area contributed by atoms with Gasteiger partial charge in [-0.15, -0.1) is 0 Å². The van der Waals surface area contributed by atoms with Gasteiger partial charge in [-0.05, 0) is 75.0 Å². The van der Waals surface area contributed by atoms with Crippen molar-refractivity contribution in [2.45, 2.75) is 115 Å². The lowest BCUT2D eigenvalue weighted by atomic mass is 9.74. The molecule has 0 unspecified atom stereocenters. The Morgan fingerprint density at radius 2 is 0.583 bits per heavy atom. The van der Waals surface area contributed by atoms with Crippen molar-refractivity contribution in [2.24, 2.45) is 23.7 Å². The van der Waals surface area contributed by atoms with Gasteiger partial charge in [-0.25, -0.2) is 0 Å². The highest BCUT2D eigenvalue weighted by molar-refractivity contribution is 4.78. The highest BCUT2D eigenvalue weighted by atomic mass is 16.3. The molecule has 0 bridgehead atoms. The maximum Gasteiger partial charge on any atom is 0.0540 e. The molecule has 3 rings (SSSR count). The fourth-order valence-electron chi connectivity index (χ4n) is 5.62. The highest BCUT2D eigenvalue weighted by Crippen LogP contribution is 2.38. The van der Waals surface area contributed by atoms with Crippen LogP contribution >= 0.6 is 0 Å². The second-order valence-corrected chi connectivity index (χ2v) is 9.39. The van der Waals surface area contributed by atoms with Crippen LogP contribution in [0.5, 0.6) is 0 Å². The molecule has 2 nitrogen and oxygen atoms in total. The van der Waals surface area contributed by atoms with Crippen molar-refractivity contribution in [3.05, 3.63) is 0 Å². The lowest BCUT2D eigenvalue weighted by Gasteiger charge is -2.32. The van der Waals surface area contributed by atoms with E-state index in [0.717, 1.165) is 49.4 Å². The van der Waals surface area contributed by atoms with Crippen LogP contribution in [0.3, 0.4) is 0 Å². The van der Waals surface area contributed by atoms with Crippen molar-refractivity contribution in [1.29, 1.82) is 0 Å². The van der Waals surface area contributed by atoms with Gasteiger partial charge in [0.05, 0.1) is 12.2 Å². The first-order chi connectivity index (χ1) is 11.7. The number of hydrogen-bond acceptors (Lipinski definition) is 2. The average molecular weight is 337 g/mol. The molecule has 3 aliphatic carbocycles. The fourth-order valence-corrected chi connectivity index (χ4v) is 5.62. The second kappa shape index (κ2) is 9.57. The van der Waals surface area contributed by atoms with Crippen LogP contribution in [0.1, 0.15) is 103 Å². The smallest absolute Gasteiger partial charge is 0.0540 e. The molecule has 140 valence electrons. The van der Waals surface area contributed by atoms with Crippen molar-refractivity contribution < 1.29 is 10.2 Å². The first-order valence-electron chi connectivity index (χ1n) is 11.0. The van der Waals surface area contributed by atoms with Gasteiger partial charge in [0.15, 0.2) is 0 Å². The summed E-state index contributed by atoms with van der Waals surface area (Å²) in [5, 5.41) is 19.2. The Bertz CT molecular complexity index is 298. The minimum absolute atomic E-state index is 0.00381. The summed E-state index contributed by atoms with van der Waals surface area (Å²) in [7, 11) is 0. The van der Waals surface area contributed by atoms with Crippen LogP contribution < -0.4 is 0 Å². The standard InChI is InChI=1S/C22H40O2/c23-21-13-9-19(10-14-21)7-5-17-1-2-18(4-3-17)6-8-20-11-15-22(24)16-12-20/h17-24H,1-16H2. The Morgan fingerprint density at radius 1 is 0.375 bits per heavy atom. The van der Waals surface area contributed by atoms with Crippen LogP contribution in [-0.4, -0.2) is 22.4 Å². The number of rotatable bonds is 6. The Labute approximate surface area is 149 Å². The lowest BCUT2D eigenvalue weighted by molar-refractivity contribution is 0.100. The van der Waals surface area contributed by atoms with Crippen LogP contribution in [0.25, 0.3) is 0 Å². The zero-order valence-electron chi connectivity index (χ0n) is 15.7. The third-order valence-electron chi connectivity index (χ3n) is 7.57. The van der Waals surface area contributed by atoms with E-state index in [1.54, 1.807) is 0 Å².